The number of aliphatic hydroxyl groups is 2. The largest absolute Gasteiger partial charge is 0.461 e. The van der Waals surface area contributed by atoms with E-state index in [-0.39, 0.29) is 36.3 Å². The Morgan fingerprint density at radius 3 is 2.62 bits per heavy atom. The number of allylic oxidation sites excluding steroid dienone is 2. The number of fused-ring (bicyclic) bond motifs is 5. The van der Waals surface area contributed by atoms with Crippen LogP contribution in [0.15, 0.2) is 23.8 Å². The van der Waals surface area contributed by atoms with E-state index in [9.17, 15) is 19.8 Å². The van der Waals surface area contributed by atoms with Gasteiger partial charge in [-0.05, 0) is 70.4 Å². The van der Waals surface area contributed by atoms with Crippen molar-refractivity contribution >= 4 is 11.8 Å². The van der Waals surface area contributed by atoms with Gasteiger partial charge >= 0.3 is 5.97 Å². The number of aliphatic hydroxyl groups excluding tert-OH is 1. The molecule has 4 aliphatic carbocycles. The van der Waals surface area contributed by atoms with Crippen LogP contribution in [0.1, 0.15) is 66.2 Å². The highest BCUT2D eigenvalue weighted by Crippen LogP contribution is 2.65. The molecule has 0 unspecified atom stereocenters. The van der Waals surface area contributed by atoms with Crippen LogP contribution in [-0.4, -0.2) is 40.3 Å². The van der Waals surface area contributed by atoms with E-state index in [4.69, 9.17) is 4.74 Å². The van der Waals surface area contributed by atoms with E-state index in [0.29, 0.717) is 25.7 Å². The van der Waals surface area contributed by atoms with Crippen LogP contribution in [0, 0.1) is 28.1 Å². The summed E-state index contributed by atoms with van der Waals surface area (Å²) in [5, 5.41) is 22.4. The van der Waals surface area contributed by atoms with Gasteiger partial charge in [0.2, 0.25) is 0 Å². The Balaban J connectivity index is 1.69. The van der Waals surface area contributed by atoms with Crippen LogP contribution < -0.4 is 0 Å². The maximum atomic E-state index is 12.6. The Kier molecular flexibility index (Phi) is 4.67. The molecule has 5 heteroatoms. The Morgan fingerprint density at radius 1 is 1.24 bits per heavy atom. The van der Waals surface area contributed by atoms with Crippen LogP contribution in [0.5, 0.6) is 0 Å². The first-order valence-electron chi connectivity index (χ1n) is 11.0. The summed E-state index contributed by atoms with van der Waals surface area (Å²) in [5.74, 6) is -0.136. The number of carbonyl (C=O) groups excluding carboxylic acids is 2. The van der Waals surface area contributed by atoms with Gasteiger partial charge in [0.1, 0.15) is 6.10 Å². The molecule has 0 heterocycles. The molecule has 2 N–H and O–H groups in total. The molecule has 0 bridgehead atoms. The molecule has 6 atom stereocenters. The minimum absolute atomic E-state index is 0.00709. The summed E-state index contributed by atoms with van der Waals surface area (Å²) in [5.41, 5.74) is -1.61. The summed E-state index contributed by atoms with van der Waals surface area (Å²) in [4.78, 5) is 24.5. The highest BCUT2D eigenvalue weighted by molar-refractivity contribution is 5.92. The molecule has 0 amide bonds. The number of ether oxygens (including phenoxy) is 1. The summed E-state index contributed by atoms with van der Waals surface area (Å²) in [6, 6.07) is 0. The van der Waals surface area contributed by atoms with Crippen LogP contribution in [0.3, 0.4) is 0 Å². The standard InChI is InChI=1S/C24H34O5/c1-21(2,3)20(27)29-19-9-12-24(28)18-6-5-15-13-16(26)7-11-23(15,14-25)17(18)8-10-22(19,24)4/h5-6,13,17-19,25,28H,7-12,14H2,1-4H3/t17-,18+,19-,22+,23+,24-/m0/s1. The molecule has 0 spiro atoms. The van der Waals surface area contributed by atoms with Crippen molar-refractivity contribution in [3.63, 3.8) is 0 Å². The lowest BCUT2D eigenvalue weighted by Gasteiger charge is -2.59. The van der Waals surface area contributed by atoms with E-state index >= 15 is 0 Å². The van der Waals surface area contributed by atoms with Crippen LogP contribution in [0.4, 0.5) is 0 Å². The van der Waals surface area contributed by atoms with Gasteiger partial charge in [-0.2, -0.15) is 0 Å². The van der Waals surface area contributed by atoms with E-state index < -0.39 is 21.8 Å². The Labute approximate surface area is 173 Å². The number of esters is 1. The van der Waals surface area contributed by atoms with Crippen molar-refractivity contribution in [3.8, 4) is 0 Å². The van der Waals surface area contributed by atoms with E-state index in [1.165, 1.54) is 0 Å². The zero-order valence-electron chi connectivity index (χ0n) is 18.0. The fraction of sp³-hybridized carbons (Fsp3) is 0.750. The van der Waals surface area contributed by atoms with Gasteiger partial charge in [-0.1, -0.05) is 19.1 Å². The minimum atomic E-state index is -0.982. The molecule has 0 aliphatic heterocycles. The van der Waals surface area contributed by atoms with Crippen molar-refractivity contribution in [2.45, 2.75) is 77.9 Å². The average molecular weight is 403 g/mol. The first kappa shape index (κ1) is 20.8. The molecule has 2 saturated carbocycles. The van der Waals surface area contributed by atoms with Gasteiger partial charge < -0.3 is 14.9 Å². The first-order chi connectivity index (χ1) is 13.5. The van der Waals surface area contributed by atoms with Crippen molar-refractivity contribution in [1.29, 1.82) is 0 Å². The topological polar surface area (TPSA) is 83.8 Å². The fourth-order valence-electron chi connectivity index (χ4n) is 6.52. The molecule has 29 heavy (non-hydrogen) atoms. The van der Waals surface area contributed by atoms with Crippen LogP contribution in [0.2, 0.25) is 0 Å². The monoisotopic (exact) mass is 402 g/mol. The molecule has 4 rings (SSSR count). The second kappa shape index (κ2) is 6.52. The van der Waals surface area contributed by atoms with Gasteiger partial charge in [-0.25, -0.2) is 0 Å². The maximum absolute atomic E-state index is 12.6. The maximum Gasteiger partial charge on any atom is 0.311 e. The zero-order valence-corrected chi connectivity index (χ0v) is 18.0. The molecular formula is C24H34O5. The van der Waals surface area contributed by atoms with Gasteiger partial charge in [0.05, 0.1) is 17.6 Å². The average Bonchev–Trinajstić information content (AvgIpc) is 2.92. The van der Waals surface area contributed by atoms with E-state index in [0.717, 1.165) is 18.4 Å². The minimum Gasteiger partial charge on any atom is -0.461 e. The highest BCUT2D eigenvalue weighted by atomic mass is 16.5. The van der Waals surface area contributed by atoms with Gasteiger partial charge in [0, 0.05) is 23.2 Å². The number of hydrogen-bond donors (Lipinski definition) is 2. The van der Waals surface area contributed by atoms with Gasteiger partial charge in [0.15, 0.2) is 5.78 Å². The van der Waals surface area contributed by atoms with E-state index in [1.807, 2.05) is 32.9 Å². The molecule has 5 nitrogen and oxygen atoms in total. The van der Waals surface area contributed by atoms with Crippen LogP contribution in [-0.2, 0) is 14.3 Å². The second-order valence-corrected chi connectivity index (χ2v) is 10.9. The van der Waals surface area contributed by atoms with Crippen molar-refractivity contribution in [2.24, 2.45) is 28.1 Å². The van der Waals surface area contributed by atoms with Crippen molar-refractivity contribution in [3.05, 3.63) is 23.8 Å². The molecule has 2 fully saturated rings. The van der Waals surface area contributed by atoms with E-state index in [2.05, 4.69) is 6.92 Å². The zero-order chi connectivity index (χ0) is 21.2. The molecule has 0 radical (unpaired) electrons. The molecule has 0 aromatic carbocycles. The van der Waals surface area contributed by atoms with Crippen molar-refractivity contribution < 1.29 is 24.5 Å². The predicted octanol–water partition coefficient (Wildman–Crippen LogP) is 3.34. The van der Waals surface area contributed by atoms with Gasteiger partial charge in [0.25, 0.3) is 0 Å². The fourth-order valence-corrected chi connectivity index (χ4v) is 6.52. The molecule has 4 aliphatic rings. The Hall–Kier alpha value is -1.46. The number of ketones is 1. The lowest BCUT2D eigenvalue weighted by atomic mass is 9.47. The number of rotatable bonds is 2. The number of hydrogen-bond acceptors (Lipinski definition) is 5. The summed E-state index contributed by atoms with van der Waals surface area (Å²) in [6.45, 7) is 7.60. The summed E-state index contributed by atoms with van der Waals surface area (Å²) in [6.07, 6.45) is 9.28. The van der Waals surface area contributed by atoms with Gasteiger partial charge in [-0.15, -0.1) is 0 Å². The third-order valence-corrected chi connectivity index (χ3v) is 8.49. The molecule has 0 saturated heterocycles. The van der Waals surface area contributed by atoms with Crippen LogP contribution in [0.25, 0.3) is 0 Å². The van der Waals surface area contributed by atoms with Crippen molar-refractivity contribution in [2.75, 3.05) is 6.61 Å². The lowest BCUT2D eigenvalue weighted by molar-refractivity contribution is -0.195. The molecular weight excluding hydrogens is 368 g/mol. The summed E-state index contributed by atoms with van der Waals surface area (Å²) < 4.78 is 5.94. The third kappa shape index (κ3) is 2.80. The SMILES string of the molecule is CC(C)(C)C(=O)O[C@H]1CC[C@]2(O)[C@@H]3C=CC4=CC(=O)CC[C@]4(CO)[C@H]3CC[C@]12C. The quantitative estimate of drug-likeness (QED) is 0.692. The molecule has 0 aromatic rings. The lowest BCUT2D eigenvalue weighted by Crippen LogP contribution is -2.61. The summed E-state index contributed by atoms with van der Waals surface area (Å²) >= 11 is 0. The first-order valence-corrected chi connectivity index (χ1v) is 11.0. The van der Waals surface area contributed by atoms with Gasteiger partial charge in [-0.3, -0.25) is 9.59 Å². The van der Waals surface area contributed by atoms with E-state index in [1.54, 1.807) is 6.08 Å². The summed E-state index contributed by atoms with van der Waals surface area (Å²) in [7, 11) is 0. The Morgan fingerprint density at radius 2 is 1.97 bits per heavy atom. The molecule has 0 aromatic heterocycles. The normalized spacial score (nSPS) is 43.9. The third-order valence-electron chi connectivity index (χ3n) is 8.49. The smallest absolute Gasteiger partial charge is 0.311 e. The second-order valence-electron chi connectivity index (χ2n) is 10.9. The van der Waals surface area contributed by atoms with Crippen molar-refractivity contribution in [1.82, 2.24) is 0 Å². The Bertz CT molecular complexity index is 790. The number of carbonyl (C=O) groups is 2. The van der Waals surface area contributed by atoms with Crippen LogP contribution >= 0.6 is 0 Å². The molecule has 160 valence electrons. The highest BCUT2D eigenvalue weighted by Gasteiger charge is 2.67. The predicted molar refractivity (Wildman–Crippen MR) is 109 cm³/mol.